The normalized spacial score (nSPS) is 11.3. The van der Waals surface area contributed by atoms with E-state index in [-0.39, 0.29) is 0 Å². The third kappa shape index (κ3) is 5.30. The summed E-state index contributed by atoms with van der Waals surface area (Å²) in [5, 5.41) is 23.8. The molecule has 3 heterocycles. The first-order chi connectivity index (χ1) is 26.6. The molecule has 0 amide bonds. The quantitative estimate of drug-likeness (QED) is 0.179. The van der Waals surface area contributed by atoms with E-state index in [1.165, 1.54) is 9.40 Å². The summed E-state index contributed by atoms with van der Waals surface area (Å²) < 4.78 is 4.72. The number of nitrogens with zero attached hydrogens (tertiary/aromatic N) is 5. The smallest absolute Gasteiger partial charge is 0.160 e. The number of fused-ring (bicyclic) bond motifs is 6. The molecule has 10 rings (SSSR count). The second kappa shape index (κ2) is 12.7. The van der Waals surface area contributed by atoms with E-state index in [9.17, 15) is 10.5 Å². The van der Waals surface area contributed by atoms with Crippen molar-refractivity contribution in [2.24, 2.45) is 0 Å². The molecule has 0 N–H and O–H groups in total. The fourth-order valence-electron chi connectivity index (χ4n) is 7.49. The molecule has 0 radical (unpaired) electrons. The second-order valence-corrected chi connectivity index (χ2v) is 14.4. The molecule has 0 unspecified atom stereocenters. The lowest BCUT2D eigenvalue weighted by Gasteiger charge is -2.11. The van der Waals surface area contributed by atoms with Gasteiger partial charge in [0.05, 0.1) is 45.7 Å². The van der Waals surface area contributed by atoms with Crippen molar-refractivity contribution in [2.45, 2.75) is 0 Å². The SMILES string of the molecule is N#Cc1cc(C#N)cc(-c2ccc3sc4ccc(-n5c6ccccc6c6cc(-c7nc(-c8ccccc8)cc(-c8ccccc8)n7)ccc65)cc4c3c2)c1. The molecule has 0 aliphatic heterocycles. The predicted octanol–water partition coefficient (Wildman–Crippen LogP) is 12.4. The van der Waals surface area contributed by atoms with Crippen molar-refractivity contribution in [1.29, 1.82) is 10.5 Å². The highest BCUT2D eigenvalue weighted by Crippen LogP contribution is 2.40. The molecule has 0 aliphatic carbocycles. The summed E-state index contributed by atoms with van der Waals surface area (Å²) in [6, 6.07) is 60.5. The molecule has 6 heteroatoms. The van der Waals surface area contributed by atoms with E-state index < -0.39 is 0 Å². The number of nitriles is 2. The molecule has 10 aromatic rings. The van der Waals surface area contributed by atoms with Crippen LogP contribution in [-0.2, 0) is 0 Å². The van der Waals surface area contributed by atoms with Crippen LogP contribution in [0.2, 0.25) is 0 Å². The molecule has 3 aromatic heterocycles. The van der Waals surface area contributed by atoms with Crippen LogP contribution in [0.3, 0.4) is 0 Å². The summed E-state index contributed by atoms with van der Waals surface area (Å²) in [5.74, 6) is 0.679. The minimum atomic E-state index is 0.475. The van der Waals surface area contributed by atoms with Gasteiger partial charge in [0.2, 0.25) is 0 Å². The zero-order valence-corrected chi connectivity index (χ0v) is 29.5. The number of hydrogen-bond donors (Lipinski definition) is 0. The average molecular weight is 706 g/mol. The Balaban J connectivity index is 1.13. The Morgan fingerprint density at radius 1 is 0.426 bits per heavy atom. The van der Waals surface area contributed by atoms with Gasteiger partial charge in [0.25, 0.3) is 0 Å². The highest BCUT2D eigenvalue weighted by Gasteiger charge is 2.17. The summed E-state index contributed by atoms with van der Waals surface area (Å²) in [6.07, 6.45) is 0. The number of thiophene rings is 1. The fraction of sp³-hybridized carbons (Fsp3) is 0. The minimum absolute atomic E-state index is 0.475. The Morgan fingerprint density at radius 2 is 1.00 bits per heavy atom. The van der Waals surface area contributed by atoms with Crippen LogP contribution in [0.1, 0.15) is 11.1 Å². The van der Waals surface area contributed by atoms with Crippen LogP contribution >= 0.6 is 11.3 Å². The van der Waals surface area contributed by atoms with Crippen molar-refractivity contribution < 1.29 is 0 Å². The maximum absolute atomic E-state index is 9.60. The number of aromatic nitrogens is 3. The van der Waals surface area contributed by atoms with E-state index in [4.69, 9.17) is 9.97 Å². The van der Waals surface area contributed by atoms with E-state index in [0.717, 1.165) is 77.5 Å². The van der Waals surface area contributed by atoms with Crippen LogP contribution in [0, 0.1) is 22.7 Å². The van der Waals surface area contributed by atoms with Crippen LogP contribution in [0.4, 0.5) is 0 Å². The fourth-order valence-corrected chi connectivity index (χ4v) is 8.55. The van der Waals surface area contributed by atoms with E-state index in [1.807, 2.05) is 48.5 Å². The van der Waals surface area contributed by atoms with Crippen LogP contribution in [-0.4, -0.2) is 14.5 Å². The maximum atomic E-state index is 9.60. The summed E-state index contributed by atoms with van der Waals surface area (Å²) in [7, 11) is 0. The summed E-state index contributed by atoms with van der Waals surface area (Å²) in [6.45, 7) is 0. The van der Waals surface area contributed by atoms with Crippen molar-refractivity contribution in [3.63, 3.8) is 0 Å². The maximum Gasteiger partial charge on any atom is 0.160 e. The van der Waals surface area contributed by atoms with E-state index >= 15 is 0 Å². The lowest BCUT2D eigenvalue weighted by Crippen LogP contribution is -1.96. The molecule has 0 spiro atoms. The van der Waals surface area contributed by atoms with Crippen LogP contribution < -0.4 is 0 Å². The lowest BCUT2D eigenvalue weighted by atomic mass is 9.99. The number of rotatable bonds is 5. The summed E-state index contributed by atoms with van der Waals surface area (Å²) >= 11 is 1.76. The first kappa shape index (κ1) is 31.4. The van der Waals surface area contributed by atoms with Gasteiger partial charge in [0.1, 0.15) is 0 Å². The van der Waals surface area contributed by atoms with E-state index in [0.29, 0.717) is 17.0 Å². The van der Waals surface area contributed by atoms with Crippen molar-refractivity contribution in [2.75, 3.05) is 0 Å². The van der Waals surface area contributed by atoms with Crippen LogP contribution in [0.25, 0.3) is 92.7 Å². The van der Waals surface area contributed by atoms with Gasteiger partial charge in [-0.15, -0.1) is 11.3 Å². The molecule has 7 aromatic carbocycles. The standard InChI is InChI=1S/C48H27N5S/c49-28-30-21-31(29-50)23-36(22-30)34-16-19-46-40(24-34)41-26-37(17-20-47(41)54-46)53-44-14-8-7-13-38(44)39-25-35(15-18-45(39)53)48-51-42(32-9-3-1-4-10-32)27-43(52-48)33-11-5-2-6-12-33/h1-27H. The Morgan fingerprint density at radius 3 is 1.69 bits per heavy atom. The van der Waals surface area contributed by atoms with Gasteiger partial charge in [-0.3, -0.25) is 0 Å². The molecule has 0 aliphatic rings. The third-order valence-corrected chi connectivity index (χ3v) is 11.2. The van der Waals surface area contributed by atoms with Gasteiger partial charge >= 0.3 is 0 Å². The monoisotopic (exact) mass is 705 g/mol. The highest BCUT2D eigenvalue weighted by molar-refractivity contribution is 7.25. The average Bonchev–Trinajstić information content (AvgIpc) is 3.78. The number of benzene rings is 7. The molecule has 54 heavy (non-hydrogen) atoms. The third-order valence-electron chi connectivity index (χ3n) is 10.0. The Kier molecular flexibility index (Phi) is 7.37. The Hall–Kier alpha value is -7.38. The molecule has 250 valence electrons. The molecule has 0 atom stereocenters. The van der Waals surface area contributed by atoms with Crippen molar-refractivity contribution in [3.05, 3.63) is 175 Å². The Labute approximate surface area is 314 Å². The van der Waals surface area contributed by atoms with Gasteiger partial charge in [-0.1, -0.05) is 84.9 Å². The largest absolute Gasteiger partial charge is 0.309 e. The van der Waals surface area contributed by atoms with Crippen molar-refractivity contribution in [3.8, 4) is 62.9 Å². The topological polar surface area (TPSA) is 78.3 Å². The van der Waals surface area contributed by atoms with E-state index in [1.54, 1.807) is 17.4 Å². The lowest BCUT2D eigenvalue weighted by molar-refractivity contribution is 1.18. The predicted molar refractivity (Wildman–Crippen MR) is 220 cm³/mol. The van der Waals surface area contributed by atoms with Crippen molar-refractivity contribution in [1.82, 2.24) is 14.5 Å². The number of para-hydroxylation sites is 1. The van der Waals surface area contributed by atoms with Gasteiger partial charge in [0, 0.05) is 53.3 Å². The number of hydrogen-bond acceptors (Lipinski definition) is 5. The first-order valence-corrected chi connectivity index (χ1v) is 18.4. The molecule has 0 bridgehead atoms. The molecule has 0 saturated carbocycles. The summed E-state index contributed by atoms with van der Waals surface area (Å²) in [5.41, 5.74) is 10.9. The van der Waals surface area contributed by atoms with Crippen molar-refractivity contribution >= 4 is 53.3 Å². The van der Waals surface area contributed by atoms with E-state index in [2.05, 4.69) is 126 Å². The summed E-state index contributed by atoms with van der Waals surface area (Å²) in [4.78, 5) is 10.2. The minimum Gasteiger partial charge on any atom is -0.309 e. The highest BCUT2D eigenvalue weighted by atomic mass is 32.1. The van der Waals surface area contributed by atoms with Gasteiger partial charge in [0.15, 0.2) is 5.82 Å². The first-order valence-electron chi connectivity index (χ1n) is 17.6. The van der Waals surface area contributed by atoms with Gasteiger partial charge in [-0.25, -0.2) is 9.97 Å². The molecule has 5 nitrogen and oxygen atoms in total. The van der Waals surface area contributed by atoms with Gasteiger partial charge < -0.3 is 4.57 Å². The molecular formula is C48H27N5S. The zero-order valence-electron chi connectivity index (χ0n) is 28.7. The Bertz CT molecular complexity index is 3090. The van der Waals surface area contributed by atoms with Gasteiger partial charge in [-0.2, -0.15) is 10.5 Å². The molecular weight excluding hydrogens is 679 g/mol. The van der Waals surface area contributed by atoms with Gasteiger partial charge in [-0.05, 0) is 90.0 Å². The zero-order chi connectivity index (χ0) is 36.2. The van der Waals surface area contributed by atoms with Crippen LogP contribution in [0.15, 0.2) is 164 Å². The molecule has 0 saturated heterocycles. The second-order valence-electron chi connectivity index (χ2n) is 13.3. The van der Waals surface area contributed by atoms with Crippen LogP contribution in [0.5, 0.6) is 0 Å². The molecule has 0 fully saturated rings.